The summed E-state index contributed by atoms with van der Waals surface area (Å²) < 4.78 is 5.59. The molecule has 0 aromatic heterocycles. The highest BCUT2D eigenvalue weighted by Gasteiger charge is 2.29. The largest absolute Gasteiger partial charge is 0.481 e. The average molecular weight is 448 g/mol. The van der Waals surface area contributed by atoms with Crippen LogP contribution in [0.15, 0.2) is 72.8 Å². The van der Waals surface area contributed by atoms with Crippen LogP contribution in [-0.4, -0.2) is 29.3 Å². The molecule has 1 aliphatic carbocycles. The van der Waals surface area contributed by atoms with Gasteiger partial charge in [0.15, 0.2) is 0 Å². The summed E-state index contributed by atoms with van der Waals surface area (Å²) in [5.74, 6) is -0.657. The predicted octanol–water partition coefficient (Wildman–Crippen LogP) is 5.04. The number of carboxylic acid groups (broad SMARTS) is 1. The zero-order chi connectivity index (χ0) is 22.7. The van der Waals surface area contributed by atoms with Crippen molar-refractivity contribution in [1.29, 1.82) is 0 Å². The first-order valence-corrected chi connectivity index (χ1v) is 10.9. The molecule has 4 rings (SSSR count). The number of rotatable bonds is 7. The zero-order valence-electron chi connectivity index (χ0n) is 18.7. The van der Waals surface area contributed by atoms with Crippen LogP contribution in [0.3, 0.4) is 0 Å². The Labute approximate surface area is 193 Å². The summed E-state index contributed by atoms with van der Waals surface area (Å²) >= 11 is 0. The second-order valence-electron chi connectivity index (χ2n) is 8.44. The molecule has 33 heavy (non-hydrogen) atoms. The van der Waals surface area contributed by atoms with Gasteiger partial charge in [0.05, 0.1) is 12.5 Å². The Morgan fingerprint density at radius 2 is 1.39 bits per heavy atom. The van der Waals surface area contributed by atoms with Crippen molar-refractivity contribution in [3.63, 3.8) is 0 Å². The fourth-order valence-electron chi connectivity index (χ4n) is 4.32. The summed E-state index contributed by atoms with van der Waals surface area (Å²) in [6.07, 6.45) is -0.836. The maximum absolute atomic E-state index is 12.6. The van der Waals surface area contributed by atoms with Crippen LogP contribution in [0, 0.1) is 0 Å². The lowest BCUT2D eigenvalue weighted by molar-refractivity contribution is -0.137. The molecule has 1 atom stereocenters. The summed E-state index contributed by atoms with van der Waals surface area (Å²) in [6.45, 7) is 4.38. The second-order valence-corrected chi connectivity index (χ2v) is 8.44. The van der Waals surface area contributed by atoms with Crippen LogP contribution in [0.4, 0.5) is 4.79 Å². The Balaban J connectivity index is 0.00000306. The number of ether oxygens (including phenoxy) is 1. The lowest BCUT2D eigenvalue weighted by Crippen LogP contribution is -2.31. The summed E-state index contributed by atoms with van der Waals surface area (Å²) in [5.41, 5.74) is 6.48. The highest BCUT2D eigenvalue weighted by Crippen LogP contribution is 2.44. The van der Waals surface area contributed by atoms with E-state index < -0.39 is 18.1 Å². The fraction of sp³-hybridized carbons (Fsp3) is 0.259. The molecule has 4 N–H and O–H groups in total. The minimum absolute atomic E-state index is 0. The van der Waals surface area contributed by atoms with E-state index in [9.17, 15) is 14.7 Å². The number of benzene rings is 3. The van der Waals surface area contributed by atoms with Crippen LogP contribution in [0.5, 0.6) is 0 Å². The van der Waals surface area contributed by atoms with Crippen molar-refractivity contribution in [3.05, 3.63) is 95.1 Å². The Kier molecular flexibility index (Phi) is 7.51. The van der Waals surface area contributed by atoms with E-state index in [0.29, 0.717) is 5.92 Å². The van der Waals surface area contributed by atoms with Crippen LogP contribution in [0.25, 0.3) is 11.1 Å². The van der Waals surface area contributed by atoms with Crippen LogP contribution in [-0.2, 0) is 9.53 Å². The van der Waals surface area contributed by atoms with Gasteiger partial charge in [0.1, 0.15) is 6.61 Å². The van der Waals surface area contributed by atoms with Gasteiger partial charge in [0.25, 0.3) is 0 Å². The molecule has 0 bridgehead atoms. The molecule has 3 aromatic rings. The third-order valence-corrected chi connectivity index (χ3v) is 6.02. The van der Waals surface area contributed by atoms with Crippen LogP contribution in [0.2, 0.25) is 0 Å². The van der Waals surface area contributed by atoms with Crippen molar-refractivity contribution < 1.29 is 24.9 Å². The Hall–Kier alpha value is -3.64. The molecule has 6 heteroatoms. The predicted molar refractivity (Wildman–Crippen MR) is 127 cm³/mol. The smallest absolute Gasteiger partial charge is 0.407 e. The van der Waals surface area contributed by atoms with Gasteiger partial charge < -0.3 is 20.6 Å². The lowest BCUT2D eigenvalue weighted by atomic mass is 9.97. The van der Waals surface area contributed by atoms with E-state index in [4.69, 9.17) is 4.74 Å². The number of carbonyl (C=O) groups excluding carboxylic acids is 1. The first-order valence-electron chi connectivity index (χ1n) is 10.9. The van der Waals surface area contributed by atoms with Crippen molar-refractivity contribution in [2.75, 3.05) is 6.61 Å². The quantitative estimate of drug-likeness (QED) is 0.529. The van der Waals surface area contributed by atoms with Gasteiger partial charge in [-0.05, 0) is 39.3 Å². The molecule has 6 nitrogen and oxygen atoms in total. The van der Waals surface area contributed by atoms with Gasteiger partial charge in [0.2, 0.25) is 0 Å². The first kappa shape index (κ1) is 24.0. The third-order valence-electron chi connectivity index (χ3n) is 6.02. The Morgan fingerprint density at radius 3 is 1.91 bits per heavy atom. The minimum atomic E-state index is -0.984. The van der Waals surface area contributed by atoms with Crippen molar-refractivity contribution in [2.24, 2.45) is 0 Å². The van der Waals surface area contributed by atoms with Crippen molar-refractivity contribution >= 4 is 12.1 Å². The lowest BCUT2D eigenvalue weighted by Gasteiger charge is -2.20. The number of carbonyl (C=O) groups is 2. The summed E-state index contributed by atoms with van der Waals surface area (Å²) in [4.78, 5) is 24.0. The van der Waals surface area contributed by atoms with Gasteiger partial charge in [-0.2, -0.15) is 0 Å². The fourth-order valence-corrected chi connectivity index (χ4v) is 4.32. The molecule has 1 unspecified atom stereocenters. The number of nitrogens with one attached hydrogen (secondary N) is 1. The monoisotopic (exact) mass is 447 g/mol. The van der Waals surface area contributed by atoms with Crippen LogP contribution in [0.1, 0.15) is 60.4 Å². The molecule has 1 aliphatic rings. The summed E-state index contributed by atoms with van der Waals surface area (Å²) in [5, 5.41) is 12.1. The topological polar surface area (TPSA) is 107 Å². The number of hydrogen-bond acceptors (Lipinski definition) is 3. The Morgan fingerprint density at radius 1 is 0.879 bits per heavy atom. The molecule has 0 heterocycles. The highest BCUT2D eigenvalue weighted by atomic mass is 16.5. The van der Waals surface area contributed by atoms with E-state index in [1.807, 2.05) is 48.5 Å². The minimum Gasteiger partial charge on any atom is -0.481 e. The molecular formula is C27H29NO5. The molecule has 1 amide bonds. The summed E-state index contributed by atoms with van der Waals surface area (Å²) in [7, 11) is 0. The zero-order valence-corrected chi connectivity index (χ0v) is 18.7. The van der Waals surface area contributed by atoms with Crippen molar-refractivity contribution in [1.82, 2.24) is 5.32 Å². The van der Waals surface area contributed by atoms with Crippen molar-refractivity contribution in [2.45, 2.75) is 38.1 Å². The van der Waals surface area contributed by atoms with E-state index >= 15 is 0 Å². The maximum Gasteiger partial charge on any atom is 0.407 e. The number of aliphatic carboxylic acids is 1. The number of carboxylic acids is 1. The van der Waals surface area contributed by atoms with Gasteiger partial charge in [-0.3, -0.25) is 4.79 Å². The molecule has 0 radical (unpaired) electrons. The van der Waals surface area contributed by atoms with Gasteiger partial charge in [-0.25, -0.2) is 4.79 Å². The average Bonchev–Trinajstić information content (AvgIpc) is 3.11. The number of alkyl carbamates (subject to hydrolysis) is 1. The SMILES string of the molecule is CC(C)c1ccc(C(CC(=O)O)NC(=O)OCC2c3ccccc3-c3ccccc32)cc1.O. The number of hydrogen-bond donors (Lipinski definition) is 2. The molecule has 0 fully saturated rings. The molecular weight excluding hydrogens is 418 g/mol. The van der Waals surface area contributed by atoms with E-state index in [-0.39, 0.29) is 24.4 Å². The normalized spacial score (nSPS) is 12.9. The molecule has 0 spiro atoms. The van der Waals surface area contributed by atoms with Crippen LogP contribution >= 0.6 is 0 Å². The Bertz CT molecular complexity index is 1080. The first-order chi connectivity index (χ1) is 15.4. The van der Waals surface area contributed by atoms with E-state index in [1.165, 1.54) is 0 Å². The van der Waals surface area contributed by atoms with Gasteiger partial charge in [-0.1, -0.05) is 86.6 Å². The van der Waals surface area contributed by atoms with E-state index in [2.05, 4.69) is 43.4 Å². The molecule has 0 saturated carbocycles. The number of fused-ring (bicyclic) bond motifs is 3. The van der Waals surface area contributed by atoms with E-state index in [0.717, 1.165) is 33.4 Å². The van der Waals surface area contributed by atoms with E-state index in [1.54, 1.807) is 0 Å². The molecule has 172 valence electrons. The second kappa shape index (κ2) is 10.3. The molecule has 0 aliphatic heterocycles. The van der Waals surface area contributed by atoms with Gasteiger partial charge >= 0.3 is 12.1 Å². The standard InChI is InChI=1S/C27H27NO4.H2O/c1-17(2)18-11-13-19(14-12-18)25(15-26(29)30)28-27(31)32-16-24-22-9-5-3-7-20(22)21-8-4-6-10-23(21)24;/h3-14,17,24-25H,15-16H2,1-2H3,(H,28,31)(H,29,30);1H2. The van der Waals surface area contributed by atoms with Gasteiger partial charge in [-0.15, -0.1) is 0 Å². The molecule has 0 saturated heterocycles. The van der Waals surface area contributed by atoms with Gasteiger partial charge in [0, 0.05) is 5.92 Å². The number of amides is 1. The molecule has 3 aromatic carbocycles. The highest BCUT2D eigenvalue weighted by molar-refractivity contribution is 5.79. The van der Waals surface area contributed by atoms with Crippen molar-refractivity contribution in [3.8, 4) is 11.1 Å². The van der Waals surface area contributed by atoms with Crippen LogP contribution < -0.4 is 5.32 Å². The summed E-state index contributed by atoms with van der Waals surface area (Å²) in [6, 6.07) is 23.3. The maximum atomic E-state index is 12.6. The third kappa shape index (κ3) is 5.23.